The van der Waals surface area contributed by atoms with Gasteiger partial charge in [-0.3, -0.25) is 4.79 Å². The highest BCUT2D eigenvalue weighted by molar-refractivity contribution is 6.74. The van der Waals surface area contributed by atoms with Gasteiger partial charge in [-0.2, -0.15) is 0 Å². The van der Waals surface area contributed by atoms with Crippen LogP contribution in [-0.4, -0.2) is 27.4 Å². The van der Waals surface area contributed by atoms with Gasteiger partial charge in [0.25, 0.3) is 0 Å². The highest BCUT2D eigenvalue weighted by atomic mass is 28.4. The second-order valence-corrected chi connectivity index (χ2v) is 12.1. The molecule has 2 rings (SSSR count). The van der Waals surface area contributed by atoms with E-state index in [1.54, 1.807) is 0 Å². The van der Waals surface area contributed by atoms with Gasteiger partial charge >= 0.3 is 0 Å². The molecule has 1 aromatic rings. The Labute approximate surface area is 129 Å². The Hall–Kier alpha value is -1.13. The molecule has 0 radical (unpaired) electrons. The average Bonchev–Trinajstić information content (AvgIpc) is 2.40. The molecule has 3 nitrogen and oxygen atoms in total. The first kappa shape index (κ1) is 16.2. The predicted octanol–water partition coefficient (Wildman–Crippen LogP) is 3.99. The minimum atomic E-state index is -1.74. The smallest absolute Gasteiger partial charge is 0.227 e. The summed E-state index contributed by atoms with van der Waals surface area (Å²) in [5.41, 5.74) is 2.33. The molecule has 1 aliphatic heterocycles. The quantitative estimate of drug-likeness (QED) is 0.787. The van der Waals surface area contributed by atoms with E-state index in [4.69, 9.17) is 4.43 Å². The molecule has 0 fully saturated rings. The van der Waals surface area contributed by atoms with Crippen molar-refractivity contribution in [3.8, 4) is 0 Å². The van der Waals surface area contributed by atoms with Crippen molar-refractivity contribution >= 4 is 19.9 Å². The zero-order chi connectivity index (χ0) is 15.7. The Kier molecular flexibility index (Phi) is 4.59. The molecule has 1 amide bonds. The Morgan fingerprint density at radius 2 is 1.86 bits per heavy atom. The summed E-state index contributed by atoms with van der Waals surface area (Å²) in [7, 11) is -1.74. The highest BCUT2D eigenvalue weighted by Crippen LogP contribution is 2.36. The number of aryl methyl sites for hydroxylation is 1. The third kappa shape index (κ3) is 3.55. The van der Waals surface area contributed by atoms with Gasteiger partial charge in [0.1, 0.15) is 0 Å². The van der Waals surface area contributed by atoms with Crippen molar-refractivity contribution in [2.45, 2.75) is 51.7 Å². The van der Waals surface area contributed by atoms with Crippen LogP contribution in [0.2, 0.25) is 18.1 Å². The van der Waals surface area contributed by atoms with E-state index in [1.807, 2.05) is 23.1 Å². The van der Waals surface area contributed by atoms with Gasteiger partial charge in [-0.1, -0.05) is 39.0 Å². The minimum Gasteiger partial charge on any atom is -0.415 e. The van der Waals surface area contributed by atoms with E-state index >= 15 is 0 Å². The number of fused-ring (bicyclic) bond motifs is 1. The molecule has 1 aromatic carbocycles. The predicted molar refractivity (Wildman–Crippen MR) is 90.3 cm³/mol. The summed E-state index contributed by atoms with van der Waals surface area (Å²) in [6.45, 7) is 12.5. The lowest BCUT2D eigenvalue weighted by molar-refractivity contribution is -0.119. The molecule has 0 bridgehead atoms. The van der Waals surface area contributed by atoms with Gasteiger partial charge in [-0.05, 0) is 36.2 Å². The van der Waals surface area contributed by atoms with Crippen LogP contribution in [0.4, 0.5) is 5.69 Å². The molecule has 116 valence electrons. The molecule has 4 heteroatoms. The first-order chi connectivity index (χ1) is 9.72. The SMILES string of the molecule is CC(C)(C)[Si](C)(C)OCCN1C(=O)CCc2ccccc21. The standard InChI is InChI=1S/C17H27NO2Si/c1-17(2,3)21(4,5)20-13-12-18-15-9-7-6-8-14(15)10-11-16(18)19/h6-9H,10-13H2,1-5H3. The van der Waals surface area contributed by atoms with Crippen molar-refractivity contribution in [1.82, 2.24) is 0 Å². The number of carbonyl (C=O) groups is 1. The van der Waals surface area contributed by atoms with Gasteiger partial charge in [-0.15, -0.1) is 0 Å². The van der Waals surface area contributed by atoms with E-state index in [0.717, 1.165) is 12.1 Å². The molecule has 0 saturated heterocycles. The van der Waals surface area contributed by atoms with E-state index in [0.29, 0.717) is 19.6 Å². The summed E-state index contributed by atoms with van der Waals surface area (Å²) in [6, 6.07) is 8.19. The summed E-state index contributed by atoms with van der Waals surface area (Å²) < 4.78 is 6.21. The van der Waals surface area contributed by atoms with Crippen molar-refractivity contribution in [3.05, 3.63) is 29.8 Å². The van der Waals surface area contributed by atoms with E-state index in [9.17, 15) is 4.79 Å². The van der Waals surface area contributed by atoms with E-state index in [1.165, 1.54) is 5.56 Å². The third-order valence-corrected chi connectivity index (χ3v) is 9.31. The molecule has 0 atom stereocenters. The molecule has 0 N–H and O–H groups in total. The first-order valence-electron chi connectivity index (χ1n) is 7.74. The molecule has 1 aliphatic rings. The maximum Gasteiger partial charge on any atom is 0.227 e. The molecule has 1 heterocycles. The van der Waals surface area contributed by atoms with Crippen LogP contribution in [0.1, 0.15) is 32.8 Å². The van der Waals surface area contributed by atoms with Crippen LogP contribution in [0, 0.1) is 0 Å². The van der Waals surface area contributed by atoms with Crippen molar-refractivity contribution in [2.75, 3.05) is 18.1 Å². The summed E-state index contributed by atoms with van der Waals surface area (Å²) >= 11 is 0. The monoisotopic (exact) mass is 305 g/mol. The van der Waals surface area contributed by atoms with Gasteiger partial charge in [0, 0.05) is 18.7 Å². The van der Waals surface area contributed by atoms with Crippen LogP contribution in [-0.2, 0) is 15.6 Å². The molecule has 0 aromatic heterocycles. The van der Waals surface area contributed by atoms with Crippen LogP contribution in [0.3, 0.4) is 0 Å². The van der Waals surface area contributed by atoms with Crippen molar-refractivity contribution < 1.29 is 9.22 Å². The van der Waals surface area contributed by atoms with Gasteiger partial charge in [0.2, 0.25) is 5.91 Å². The highest BCUT2D eigenvalue weighted by Gasteiger charge is 2.37. The Bertz CT molecular complexity index is 520. The van der Waals surface area contributed by atoms with Crippen molar-refractivity contribution in [2.24, 2.45) is 0 Å². The third-order valence-electron chi connectivity index (χ3n) is 4.78. The summed E-state index contributed by atoms with van der Waals surface area (Å²) in [6.07, 6.45) is 1.46. The first-order valence-corrected chi connectivity index (χ1v) is 10.7. The second-order valence-electron chi connectivity index (χ2n) is 7.28. The Morgan fingerprint density at radius 1 is 1.19 bits per heavy atom. The molecule has 21 heavy (non-hydrogen) atoms. The van der Waals surface area contributed by atoms with E-state index in [2.05, 4.69) is 39.9 Å². The molecular formula is C17H27NO2Si. The Balaban J connectivity index is 2.02. The molecule has 0 spiro atoms. The minimum absolute atomic E-state index is 0.205. The lowest BCUT2D eigenvalue weighted by Gasteiger charge is -2.37. The van der Waals surface area contributed by atoms with Gasteiger partial charge in [0.05, 0.1) is 6.61 Å². The number of carbonyl (C=O) groups excluding carboxylic acids is 1. The topological polar surface area (TPSA) is 29.5 Å². The number of benzene rings is 1. The zero-order valence-electron chi connectivity index (χ0n) is 13.9. The van der Waals surface area contributed by atoms with Crippen LogP contribution in [0.25, 0.3) is 0 Å². The molecule has 0 saturated carbocycles. The average molecular weight is 305 g/mol. The summed E-state index contributed by atoms with van der Waals surface area (Å²) in [5, 5.41) is 0.205. The van der Waals surface area contributed by atoms with Crippen LogP contribution < -0.4 is 4.90 Å². The number of amides is 1. The van der Waals surface area contributed by atoms with Crippen molar-refractivity contribution in [3.63, 3.8) is 0 Å². The fourth-order valence-electron chi connectivity index (χ4n) is 2.35. The van der Waals surface area contributed by atoms with Crippen LogP contribution in [0.15, 0.2) is 24.3 Å². The summed E-state index contributed by atoms with van der Waals surface area (Å²) in [5.74, 6) is 0.215. The van der Waals surface area contributed by atoms with Crippen molar-refractivity contribution in [1.29, 1.82) is 0 Å². The maximum atomic E-state index is 12.2. The van der Waals surface area contributed by atoms with E-state index in [-0.39, 0.29) is 10.9 Å². The van der Waals surface area contributed by atoms with Crippen LogP contribution >= 0.6 is 0 Å². The number of nitrogens with zero attached hydrogens (tertiary/aromatic N) is 1. The van der Waals surface area contributed by atoms with Crippen LogP contribution in [0.5, 0.6) is 0 Å². The maximum absolute atomic E-state index is 12.2. The summed E-state index contributed by atoms with van der Waals surface area (Å²) in [4.78, 5) is 14.1. The second kappa shape index (κ2) is 5.93. The zero-order valence-corrected chi connectivity index (χ0v) is 14.9. The largest absolute Gasteiger partial charge is 0.415 e. The van der Waals surface area contributed by atoms with Gasteiger partial charge in [-0.25, -0.2) is 0 Å². The fraction of sp³-hybridized carbons (Fsp3) is 0.588. The van der Waals surface area contributed by atoms with Gasteiger partial charge in [0.15, 0.2) is 8.32 Å². The number of hydrogen-bond acceptors (Lipinski definition) is 2. The molecule has 0 aliphatic carbocycles. The molecular weight excluding hydrogens is 278 g/mol. The fourth-order valence-corrected chi connectivity index (χ4v) is 3.38. The number of rotatable bonds is 4. The van der Waals surface area contributed by atoms with E-state index < -0.39 is 8.32 Å². The Morgan fingerprint density at radius 3 is 2.52 bits per heavy atom. The number of anilines is 1. The molecule has 0 unspecified atom stereocenters. The lowest BCUT2D eigenvalue weighted by Crippen LogP contribution is -2.44. The number of hydrogen-bond donors (Lipinski definition) is 0. The lowest BCUT2D eigenvalue weighted by atomic mass is 10.0. The van der Waals surface area contributed by atoms with Gasteiger partial charge < -0.3 is 9.33 Å². The normalized spacial score (nSPS) is 16.0. The number of para-hydroxylation sites is 1.